The van der Waals surface area contributed by atoms with E-state index in [2.05, 4.69) is 0 Å². The van der Waals surface area contributed by atoms with Gasteiger partial charge in [-0.2, -0.15) is 0 Å². The van der Waals surface area contributed by atoms with Crippen LogP contribution in [0.25, 0.3) is 0 Å². The van der Waals surface area contributed by atoms with Crippen LogP contribution in [0.5, 0.6) is 5.75 Å². The number of halogens is 3. The van der Waals surface area contributed by atoms with Gasteiger partial charge in [0.05, 0.1) is 6.10 Å². The number of ether oxygens (including phenoxy) is 1. The third-order valence-corrected chi connectivity index (χ3v) is 3.18. The number of hydrogen-bond acceptors (Lipinski definition) is 2. The minimum atomic E-state index is -0.872. The predicted molar refractivity (Wildman–Crippen MR) is 72.8 cm³/mol. The summed E-state index contributed by atoms with van der Waals surface area (Å²) in [5.41, 5.74) is 0.810. The fraction of sp³-hybridized carbons (Fsp3) is 0.200. The van der Waals surface area contributed by atoms with Crippen LogP contribution in [-0.4, -0.2) is 5.11 Å². The van der Waals surface area contributed by atoms with Crippen molar-refractivity contribution in [3.8, 4) is 5.75 Å². The van der Waals surface area contributed by atoms with Crippen molar-refractivity contribution in [2.24, 2.45) is 0 Å². The molecule has 0 saturated carbocycles. The van der Waals surface area contributed by atoms with Gasteiger partial charge in [0.25, 0.3) is 0 Å². The lowest BCUT2D eigenvalue weighted by Crippen LogP contribution is -2.02. The quantitative estimate of drug-likeness (QED) is 0.914. The van der Waals surface area contributed by atoms with E-state index in [0.717, 1.165) is 0 Å². The Morgan fingerprint density at radius 3 is 2.50 bits per heavy atom. The summed E-state index contributed by atoms with van der Waals surface area (Å²) in [5, 5.41) is 9.97. The first-order valence-electron chi connectivity index (χ1n) is 6.01. The second-order valence-corrected chi connectivity index (χ2v) is 4.79. The number of rotatable bonds is 4. The largest absolute Gasteiger partial charge is 0.488 e. The van der Waals surface area contributed by atoms with Crippen LogP contribution in [0.15, 0.2) is 36.4 Å². The molecule has 0 radical (unpaired) electrons. The molecule has 0 fully saturated rings. The molecule has 1 N–H and O–H groups in total. The Morgan fingerprint density at radius 2 is 1.80 bits per heavy atom. The molecule has 2 rings (SSSR count). The Balaban J connectivity index is 2.20. The second-order valence-electron chi connectivity index (χ2n) is 4.38. The van der Waals surface area contributed by atoms with Crippen LogP contribution < -0.4 is 4.74 Å². The molecule has 2 aromatic rings. The smallest absolute Gasteiger partial charge is 0.125 e. The second kappa shape index (κ2) is 6.20. The van der Waals surface area contributed by atoms with Gasteiger partial charge < -0.3 is 9.84 Å². The molecule has 106 valence electrons. The van der Waals surface area contributed by atoms with Crippen LogP contribution in [0, 0.1) is 11.6 Å². The lowest BCUT2D eigenvalue weighted by atomic mass is 10.1. The van der Waals surface area contributed by atoms with Crippen molar-refractivity contribution in [1.29, 1.82) is 0 Å². The molecule has 0 aliphatic rings. The lowest BCUT2D eigenvalue weighted by Gasteiger charge is -2.14. The molecule has 0 amide bonds. The molecule has 0 aliphatic carbocycles. The molecule has 2 nitrogen and oxygen atoms in total. The lowest BCUT2D eigenvalue weighted by molar-refractivity contribution is 0.189. The van der Waals surface area contributed by atoms with E-state index in [0.29, 0.717) is 21.9 Å². The molecule has 0 aromatic heterocycles. The maximum absolute atomic E-state index is 13.2. The summed E-state index contributed by atoms with van der Waals surface area (Å²) in [4.78, 5) is 0. The minimum Gasteiger partial charge on any atom is -0.488 e. The van der Waals surface area contributed by atoms with Crippen LogP contribution in [0.2, 0.25) is 5.02 Å². The molecule has 20 heavy (non-hydrogen) atoms. The highest BCUT2D eigenvalue weighted by atomic mass is 35.5. The number of aliphatic hydroxyl groups excluding tert-OH is 1. The topological polar surface area (TPSA) is 29.5 Å². The molecule has 1 atom stereocenters. The molecule has 0 saturated heterocycles. The average molecular weight is 299 g/mol. The first-order valence-corrected chi connectivity index (χ1v) is 6.39. The van der Waals surface area contributed by atoms with Crippen molar-refractivity contribution < 1.29 is 18.6 Å². The molecule has 1 unspecified atom stereocenters. The molecule has 0 heterocycles. The van der Waals surface area contributed by atoms with Crippen molar-refractivity contribution in [2.45, 2.75) is 19.6 Å². The van der Waals surface area contributed by atoms with Crippen molar-refractivity contribution >= 4 is 11.6 Å². The van der Waals surface area contributed by atoms with Gasteiger partial charge in [-0.05, 0) is 43.3 Å². The van der Waals surface area contributed by atoms with Gasteiger partial charge in [0.2, 0.25) is 0 Å². The van der Waals surface area contributed by atoms with Gasteiger partial charge in [-0.15, -0.1) is 0 Å². The molecule has 0 spiro atoms. The van der Waals surface area contributed by atoms with Crippen molar-refractivity contribution in [1.82, 2.24) is 0 Å². The molecular weight excluding hydrogens is 286 g/mol. The maximum atomic E-state index is 13.2. The summed E-state index contributed by atoms with van der Waals surface area (Å²) in [7, 11) is 0. The van der Waals surface area contributed by atoms with Crippen molar-refractivity contribution in [3.05, 3.63) is 64.2 Å². The highest BCUT2D eigenvalue weighted by Crippen LogP contribution is 2.27. The Morgan fingerprint density at radius 1 is 1.15 bits per heavy atom. The van der Waals surface area contributed by atoms with Gasteiger partial charge in [-0.3, -0.25) is 0 Å². The summed E-state index contributed by atoms with van der Waals surface area (Å²) in [6.07, 6.45) is -0.872. The zero-order chi connectivity index (χ0) is 14.7. The monoisotopic (exact) mass is 298 g/mol. The third-order valence-electron chi connectivity index (χ3n) is 2.81. The van der Waals surface area contributed by atoms with Gasteiger partial charge in [-0.1, -0.05) is 11.6 Å². The van der Waals surface area contributed by atoms with Gasteiger partial charge in [0.1, 0.15) is 24.0 Å². The zero-order valence-corrected chi connectivity index (χ0v) is 11.5. The Bertz CT molecular complexity index is 615. The molecule has 2 aromatic carbocycles. The van der Waals surface area contributed by atoms with Crippen LogP contribution >= 0.6 is 11.6 Å². The number of hydrogen-bond donors (Lipinski definition) is 1. The number of benzene rings is 2. The van der Waals surface area contributed by atoms with E-state index >= 15 is 0 Å². The van der Waals surface area contributed by atoms with E-state index in [1.165, 1.54) is 43.3 Å². The van der Waals surface area contributed by atoms with Gasteiger partial charge >= 0.3 is 0 Å². The zero-order valence-electron chi connectivity index (χ0n) is 10.7. The van der Waals surface area contributed by atoms with Crippen molar-refractivity contribution in [3.63, 3.8) is 0 Å². The standard InChI is InChI=1S/C15H13ClF2O2/c1-9(19)13-7-12(18)3-5-15(13)20-8-10-6-11(17)2-4-14(10)16/h2-7,9,19H,8H2,1H3. The number of aliphatic hydroxyl groups is 1. The van der Waals surface area contributed by atoms with E-state index in [1.54, 1.807) is 0 Å². The highest BCUT2D eigenvalue weighted by Gasteiger charge is 2.11. The van der Waals surface area contributed by atoms with E-state index < -0.39 is 17.7 Å². The van der Waals surface area contributed by atoms with E-state index in [1.807, 2.05) is 0 Å². The average Bonchev–Trinajstić information content (AvgIpc) is 2.40. The summed E-state index contributed by atoms with van der Waals surface area (Å²) < 4.78 is 31.8. The Hall–Kier alpha value is -1.65. The van der Waals surface area contributed by atoms with Gasteiger partial charge in [0.15, 0.2) is 0 Å². The van der Waals surface area contributed by atoms with Gasteiger partial charge in [0, 0.05) is 16.1 Å². The fourth-order valence-corrected chi connectivity index (χ4v) is 1.96. The first-order chi connectivity index (χ1) is 9.47. The van der Waals surface area contributed by atoms with Crippen LogP contribution in [0.4, 0.5) is 8.78 Å². The SMILES string of the molecule is CC(O)c1cc(F)ccc1OCc1cc(F)ccc1Cl. The molecule has 0 bridgehead atoms. The maximum Gasteiger partial charge on any atom is 0.125 e. The van der Waals surface area contributed by atoms with Gasteiger partial charge in [-0.25, -0.2) is 8.78 Å². The highest BCUT2D eigenvalue weighted by molar-refractivity contribution is 6.31. The third kappa shape index (κ3) is 3.46. The first kappa shape index (κ1) is 14.8. The van der Waals surface area contributed by atoms with E-state index in [-0.39, 0.29) is 6.61 Å². The van der Waals surface area contributed by atoms with Crippen LogP contribution in [-0.2, 0) is 6.61 Å². The summed E-state index contributed by atoms with van der Waals surface area (Å²) >= 11 is 5.93. The Labute approximate surface area is 120 Å². The summed E-state index contributed by atoms with van der Waals surface area (Å²) in [6.45, 7) is 1.54. The predicted octanol–water partition coefficient (Wildman–Crippen LogP) is 4.25. The fourth-order valence-electron chi connectivity index (χ4n) is 1.79. The van der Waals surface area contributed by atoms with Crippen molar-refractivity contribution in [2.75, 3.05) is 0 Å². The van der Waals surface area contributed by atoms with E-state index in [9.17, 15) is 13.9 Å². The molecule has 0 aliphatic heterocycles. The minimum absolute atomic E-state index is 0.0297. The van der Waals surface area contributed by atoms with Crippen LogP contribution in [0.3, 0.4) is 0 Å². The Kier molecular flexibility index (Phi) is 4.57. The summed E-state index contributed by atoms with van der Waals surface area (Å²) in [5.74, 6) is -0.540. The summed E-state index contributed by atoms with van der Waals surface area (Å²) in [6, 6.07) is 7.82. The van der Waals surface area contributed by atoms with E-state index in [4.69, 9.17) is 16.3 Å². The van der Waals surface area contributed by atoms with Crippen LogP contribution in [0.1, 0.15) is 24.2 Å². The normalized spacial score (nSPS) is 12.2. The molecular formula is C15H13ClF2O2. The molecule has 5 heteroatoms.